The lowest BCUT2D eigenvalue weighted by molar-refractivity contribution is -0.143. The highest BCUT2D eigenvalue weighted by molar-refractivity contribution is 7.89. The molecule has 3 rings (SSSR count). The van der Waals surface area contributed by atoms with Crippen molar-refractivity contribution < 1.29 is 22.7 Å². The Morgan fingerprint density at radius 3 is 2.38 bits per heavy atom. The average Bonchev–Trinajstić information content (AvgIpc) is 3.46. The molecule has 1 heterocycles. The van der Waals surface area contributed by atoms with Crippen LogP contribution in [-0.4, -0.2) is 63.0 Å². The van der Waals surface area contributed by atoms with Gasteiger partial charge in [-0.1, -0.05) is 44.9 Å². The fourth-order valence-electron chi connectivity index (χ4n) is 4.48. The summed E-state index contributed by atoms with van der Waals surface area (Å²) in [7, 11) is -3.83. The summed E-state index contributed by atoms with van der Waals surface area (Å²) in [5, 5.41) is 3.11. The topological polar surface area (TPSA) is 105 Å². The third-order valence-electron chi connectivity index (χ3n) is 6.15. The van der Waals surface area contributed by atoms with Crippen molar-refractivity contribution >= 4 is 21.8 Å². The van der Waals surface area contributed by atoms with Crippen LogP contribution in [0.2, 0.25) is 0 Å². The van der Waals surface area contributed by atoms with Gasteiger partial charge in [-0.3, -0.25) is 9.59 Å². The van der Waals surface area contributed by atoms with Crippen LogP contribution in [0.3, 0.4) is 0 Å². The van der Waals surface area contributed by atoms with E-state index in [9.17, 15) is 18.0 Å². The Balaban J connectivity index is 1.74. The van der Waals surface area contributed by atoms with Gasteiger partial charge in [0.15, 0.2) is 0 Å². The number of nitrogens with zero attached hydrogens (tertiary/aromatic N) is 1. The zero-order valence-corrected chi connectivity index (χ0v) is 19.8. The van der Waals surface area contributed by atoms with Crippen molar-refractivity contribution in [1.82, 2.24) is 14.9 Å². The molecule has 1 saturated heterocycles. The van der Waals surface area contributed by atoms with Crippen molar-refractivity contribution in [3.63, 3.8) is 0 Å². The molecule has 0 aromatic heterocycles. The molecule has 1 saturated carbocycles. The van der Waals surface area contributed by atoms with Gasteiger partial charge < -0.3 is 15.0 Å². The van der Waals surface area contributed by atoms with E-state index in [1.54, 1.807) is 18.2 Å². The summed E-state index contributed by atoms with van der Waals surface area (Å²) in [5.41, 5.74) is 0. The summed E-state index contributed by atoms with van der Waals surface area (Å²) in [6.07, 6.45) is 5.67. The molecule has 32 heavy (non-hydrogen) atoms. The molecule has 0 radical (unpaired) electrons. The van der Waals surface area contributed by atoms with Gasteiger partial charge in [0, 0.05) is 19.2 Å². The van der Waals surface area contributed by atoms with E-state index >= 15 is 0 Å². The fourth-order valence-corrected chi connectivity index (χ4v) is 5.48. The molecule has 2 atom stereocenters. The second-order valence-electron chi connectivity index (χ2n) is 9.00. The maximum atomic E-state index is 13.3. The van der Waals surface area contributed by atoms with E-state index in [4.69, 9.17) is 4.74 Å². The molecule has 1 aliphatic carbocycles. The second kappa shape index (κ2) is 11.2. The predicted molar refractivity (Wildman–Crippen MR) is 121 cm³/mol. The molecule has 2 aliphatic rings. The van der Waals surface area contributed by atoms with Crippen LogP contribution >= 0.6 is 0 Å². The van der Waals surface area contributed by atoms with Gasteiger partial charge in [-0.25, -0.2) is 13.1 Å². The first kappa shape index (κ1) is 24.7. The Morgan fingerprint density at radius 2 is 1.78 bits per heavy atom. The normalized spacial score (nSPS) is 20.4. The largest absolute Gasteiger partial charge is 0.376 e. The highest BCUT2D eigenvalue weighted by Gasteiger charge is 2.36. The third kappa shape index (κ3) is 6.52. The first-order valence-electron chi connectivity index (χ1n) is 11.5. The van der Waals surface area contributed by atoms with Gasteiger partial charge in [-0.05, 0) is 43.7 Å². The molecule has 9 heteroatoms. The quantitative estimate of drug-likeness (QED) is 0.550. The molecule has 2 fully saturated rings. The van der Waals surface area contributed by atoms with Crippen molar-refractivity contribution in [2.45, 2.75) is 75.5 Å². The van der Waals surface area contributed by atoms with Gasteiger partial charge in [0.25, 0.3) is 0 Å². The summed E-state index contributed by atoms with van der Waals surface area (Å²) in [5.74, 6) is -0.739. The molecular formula is C23H35N3O5S. The van der Waals surface area contributed by atoms with Crippen molar-refractivity contribution in [3.8, 4) is 0 Å². The molecule has 0 unspecified atom stereocenters. The number of carbonyl (C=O) groups is 2. The molecule has 1 aliphatic heterocycles. The summed E-state index contributed by atoms with van der Waals surface area (Å²) in [6.45, 7) is 4.30. The van der Waals surface area contributed by atoms with Crippen molar-refractivity contribution in [2.24, 2.45) is 5.92 Å². The summed E-state index contributed by atoms with van der Waals surface area (Å²) in [6, 6.07) is 7.38. The highest BCUT2D eigenvalue weighted by atomic mass is 32.2. The predicted octanol–water partition coefficient (Wildman–Crippen LogP) is 2.06. The van der Waals surface area contributed by atoms with Crippen molar-refractivity contribution in [2.75, 3.05) is 19.7 Å². The number of carbonyl (C=O) groups excluding carboxylic acids is 2. The maximum Gasteiger partial charge on any atom is 0.243 e. The summed E-state index contributed by atoms with van der Waals surface area (Å²) in [4.78, 5) is 28.1. The van der Waals surface area contributed by atoms with E-state index in [1.807, 2.05) is 13.8 Å². The Hall–Kier alpha value is -1.97. The molecule has 0 spiro atoms. The van der Waals surface area contributed by atoms with E-state index in [0.717, 1.165) is 38.5 Å². The molecule has 1 aromatic carbocycles. The smallest absolute Gasteiger partial charge is 0.243 e. The van der Waals surface area contributed by atoms with Crippen molar-refractivity contribution in [1.29, 1.82) is 0 Å². The van der Waals surface area contributed by atoms with Crippen LogP contribution in [0.15, 0.2) is 35.2 Å². The maximum absolute atomic E-state index is 13.3. The third-order valence-corrected chi connectivity index (χ3v) is 7.57. The van der Waals surface area contributed by atoms with E-state index in [1.165, 1.54) is 17.0 Å². The van der Waals surface area contributed by atoms with Crippen LogP contribution in [0.5, 0.6) is 0 Å². The zero-order valence-electron chi connectivity index (χ0n) is 19.0. The lowest BCUT2D eigenvalue weighted by Gasteiger charge is -2.35. The standard InChI is InChI=1S/C23H35N3O5S/c1-17(2)22(23(28)25-18-9-6-7-10-18)26(16-19-11-8-14-31-19)21(27)15-24-32(29,30)20-12-4-3-5-13-20/h3-5,12-13,17-19,22,24H,6-11,14-16H2,1-2H3,(H,25,28)/t19-,22-/m1/s1. The van der Waals surface area contributed by atoms with Crippen LogP contribution in [0.1, 0.15) is 52.4 Å². The fraction of sp³-hybridized carbons (Fsp3) is 0.652. The van der Waals surface area contributed by atoms with Gasteiger partial charge in [-0.15, -0.1) is 0 Å². The van der Waals surface area contributed by atoms with Gasteiger partial charge >= 0.3 is 0 Å². The van der Waals surface area contributed by atoms with Crippen LogP contribution in [0.4, 0.5) is 0 Å². The molecule has 0 bridgehead atoms. The van der Waals surface area contributed by atoms with E-state index in [-0.39, 0.29) is 35.4 Å². The second-order valence-corrected chi connectivity index (χ2v) is 10.8. The van der Waals surface area contributed by atoms with Gasteiger partial charge in [-0.2, -0.15) is 0 Å². The monoisotopic (exact) mass is 465 g/mol. The number of ether oxygens (including phenoxy) is 1. The zero-order chi connectivity index (χ0) is 23.1. The van der Waals surface area contributed by atoms with E-state index < -0.39 is 28.5 Å². The van der Waals surface area contributed by atoms with E-state index in [0.29, 0.717) is 6.61 Å². The lowest BCUT2D eigenvalue weighted by atomic mass is 9.99. The number of nitrogens with one attached hydrogen (secondary N) is 2. The Labute approximate surface area is 191 Å². The Bertz CT molecular complexity index is 863. The molecule has 8 nitrogen and oxygen atoms in total. The van der Waals surface area contributed by atoms with Crippen LogP contribution in [0, 0.1) is 5.92 Å². The molecule has 2 amide bonds. The molecule has 1 aromatic rings. The number of hydrogen-bond acceptors (Lipinski definition) is 5. The molecule has 2 N–H and O–H groups in total. The van der Waals surface area contributed by atoms with Gasteiger partial charge in [0.1, 0.15) is 6.04 Å². The SMILES string of the molecule is CC(C)[C@H](C(=O)NC1CCCC1)N(C[C@H]1CCCO1)C(=O)CNS(=O)(=O)c1ccccc1. The minimum absolute atomic E-state index is 0.0952. The van der Waals surface area contributed by atoms with Crippen molar-refractivity contribution in [3.05, 3.63) is 30.3 Å². The minimum Gasteiger partial charge on any atom is -0.376 e. The average molecular weight is 466 g/mol. The van der Waals surface area contributed by atoms with E-state index in [2.05, 4.69) is 10.0 Å². The minimum atomic E-state index is -3.83. The van der Waals surface area contributed by atoms with Gasteiger partial charge in [0.05, 0.1) is 17.5 Å². The summed E-state index contributed by atoms with van der Waals surface area (Å²) < 4.78 is 33.3. The van der Waals surface area contributed by atoms with Crippen LogP contribution < -0.4 is 10.0 Å². The number of sulfonamides is 1. The molecular weight excluding hydrogens is 430 g/mol. The number of amides is 2. The Kier molecular flexibility index (Phi) is 8.67. The molecule has 178 valence electrons. The highest BCUT2D eigenvalue weighted by Crippen LogP contribution is 2.21. The first-order chi connectivity index (χ1) is 15.3. The number of hydrogen-bond donors (Lipinski definition) is 2. The summed E-state index contributed by atoms with van der Waals surface area (Å²) >= 11 is 0. The lowest BCUT2D eigenvalue weighted by Crippen LogP contribution is -2.57. The Morgan fingerprint density at radius 1 is 1.09 bits per heavy atom. The van der Waals surface area contributed by atoms with Crippen LogP contribution in [-0.2, 0) is 24.3 Å². The van der Waals surface area contributed by atoms with Crippen LogP contribution in [0.25, 0.3) is 0 Å². The first-order valence-corrected chi connectivity index (χ1v) is 13.0. The number of benzene rings is 1. The number of rotatable bonds is 10. The van der Waals surface area contributed by atoms with Gasteiger partial charge in [0.2, 0.25) is 21.8 Å².